The maximum Gasteiger partial charge on any atom is 0.433 e. The van der Waals surface area contributed by atoms with Gasteiger partial charge in [0.25, 0.3) is 0 Å². The van der Waals surface area contributed by atoms with Crippen LogP contribution in [0.1, 0.15) is 5.76 Å². The summed E-state index contributed by atoms with van der Waals surface area (Å²) >= 11 is 0. The molecule has 0 unspecified atom stereocenters. The molecule has 0 fully saturated rings. The molecule has 1 heterocycles. The van der Waals surface area contributed by atoms with Crippen molar-refractivity contribution in [3.8, 4) is 0 Å². The minimum absolute atomic E-state index is 0.0389. The number of furan rings is 1. The fourth-order valence-corrected chi connectivity index (χ4v) is 1.92. The number of nitro groups is 1. The van der Waals surface area contributed by atoms with Crippen molar-refractivity contribution in [2.24, 2.45) is 0 Å². The predicted molar refractivity (Wildman–Crippen MR) is 64.5 cm³/mol. The number of hydrogen-bond donors (Lipinski definition) is 1. The van der Waals surface area contributed by atoms with E-state index in [0.29, 0.717) is 5.76 Å². The average Bonchev–Trinajstić information content (AvgIpc) is 2.73. The van der Waals surface area contributed by atoms with Gasteiger partial charge in [-0.25, -0.2) is 12.7 Å². The first-order valence-electron chi connectivity index (χ1n) is 5.17. The van der Waals surface area contributed by atoms with Crippen LogP contribution in [-0.2, 0) is 16.6 Å². The number of sulfonamides is 1. The lowest BCUT2D eigenvalue weighted by Gasteiger charge is -2.10. The number of hydrogen-bond acceptors (Lipinski definition) is 6. The van der Waals surface area contributed by atoms with Crippen LogP contribution < -0.4 is 5.32 Å². The van der Waals surface area contributed by atoms with Crippen LogP contribution in [0.25, 0.3) is 0 Å². The molecule has 8 nitrogen and oxygen atoms in total. The maximum absolute atomic E-state index is 11.4. The smallest absolute Gasteiger partial charge is 0.404 e. The summed E-state index contributed by atoms with van der Waals surface area (Å²) in [7, 11) is -0.302. The number of nitrogens with one attached hydrogen (secondary N) is 1. The molecule has 0 spiro atoms. The molecule has 0 saturated carbocycles. The Labute approximate surface area is 105 Å². The molecule has 18 heavy (non-hydrogen) atoms. The SMILES string of the molecule is CN(C)S(=O)(=O)CCNCc1ccc([N+](=O)[O-])o1. The Balaban J connectivity index is 2.36. The Hall–Kier alpha value is -1.45. The first kappa shape index (κ1) is 14.6. The molecule has 102 valence electrons. The van der Waals surface area contributed by atoms with Gasteiger partial charge in [0.05, 0.1) is 18.4 Å². The second-order valence-corrected chi connectivity index (χ2v) is 6.07. The van der Waals surface area contributed by atoms with Gasteiger partial charge >= 0.3 is 5.88 Å². The van der Waals surface area contributed by atoms with Crippen molar-refractivity contribution < 1.29 is 17.8 Å². The van der Waals surface area contributed by atoms with Gasteiger partial charge in [0.1, 0.15) is 10.7 Å². The first-order valence-corrected chi connectivity index (χ1v) is 6.78. The van der Waals surface area contributed by atoms with E-state index in [0.717, 1.165) is 4.31 Å². The molecule has 0 saturated heterocycles. The highest BCUT2D eigenvalue weighted by Crippen LogP contribution is 2.14. The zero-order chi connectivity index (χ0) is 13.8. The van der Waals surface area contributed by atoms with Crippen LogP contribution in [0.2, 0.25) is 0 Å². The first-order chi connectivity index (χ1) is 8.33. The third-order valence-corrected chi connectivity index (χ3v) is 4.05. The van der Waals surface area contributed by atoms with Crippen LogP contribution in [-0.4, -0.2) is 44.0 Å². The molecule has 0 radical (unpaired) electrons. The minimum Gasteiger partial charge on any atom is -0.404 e. The fourth-order valence-electron chi connectivity index (χ4n) is 1.16. The van der Waals surface area contributed by atoms with E-state index in [2.05, 4.69) is 5.32 Å². The number of rotatable bonds is 7. The van der Waals surface area contributed by atoms with Crippen LogP contribution in [0.15, 0.2) is 16.5 Å². The Morgan fingerprint density at radius 1 is 1.44 bits per heavy atom. The van der Waals surface area contributed by atoms with E-state index in [1.54, 1.807) is 0 Å². The lowest BCUT2D eigenvalue weighted by molar-refractivity contribution is -0.402. The summed E-state index contributed by atoms with van der Waals surface area (Å²) in [6.45, 7) is 0.492. The average molecular weight is 277 g/mol. The quantitative estimate of drug-likeness (QED) is 0.432. The highest BCUT2D eigenvalue weighted by atomic mass is 32.2. The van der Waals surface area contributed by atoms with Crippen molar-refractivity contribution >= 4 is 15.9 Å². The fraction of sp³-hybridized carbons (Fsp3) is 0.556. The molecule has 9 heteroatoms. The van der Waals surface area contributed by atoms with Gasteiger partial charge in [-0.2, -0.15) is 0 Å². The summed E-state index contributed by atoms with van der Waals surface area (Å²) < 4.78 is 28.9. The summed E-state index contributed by atoms with van der Waals surface area (Å²) in [5.74, 6) is 0.0275. The van der Waals surface area contributed by atoms with Crippen LogP contribution >= 0.6 is 0 Å². The van der Waals surface area contributed by atoms with E-state index >= 15 is 0 Å². The Morgan fingerprint density at radius 2 is 2.11 bits per heavy atom. The maximum atomic E-state index is 11.4. The van der Waals surface area contributed by atoms with Gasteiger partial charge in [0.15, 0.2) is 0 Å². The summed E-state index contributed by atoms with van der Waals surface area (Å²) in [5, 5.41) is 13.2. The Kier molecular flexibility index (Phi) is 4.82. The van der Waals surface area contributed by atoms with Crippen molar-refractivity contribution in [2.45, 2.75) is 6.54 Å². The van der Waals surface area contributed by atoms with Crippen molar-refractivity contribution in [1.82, 2.24) is 9.62 Å². The summed E-state index contributed by atoms with van der Waals surface area (Å²) in [4.78, 5) is 9.73. The van der Waals surface area contributed by atoms with Crippen molar-refractivity contribution in [3.63, 3.8) is 0 Å². The second-order valence-electron chi connectivity index (χ2n) is 3.77. The van der Waals surface area contributed by atoms with Crippen LogP contribution in [0.4, 0.5) is 5.88 Å². The van der Waals surface area contributed by atoms with E-state index in [1.165, 1.54) is 26.2 Å². The van der Waals surface area contributed by atoms with Crippen molar-refractivity contribution in [1.29, 1.82) is 0 Å². The van der Waals surface area contributed by atoms with Crippen LogP contribution in [0.3, 0.4) is 0 Å². The van der Waals surface area contributed by atoms with Gasteiger partial charge in [-0.05, 0) is 6.07 Å². The van der Waals surface area contributed by atoms with Gasteiger partial charge in [0, 0.05) is 20.6 Å². The predicted octanol–water partition coefficient (Wildman–Crippen LogP) is 0.169. The summed E-state index contributed by atoms with van der Waals surface area (Å²) in [5.41, 5.74) is 0. The summed E-state index contributed by atoms with van der Waals surface area (Å²) in [6, 6.07) is 2.74. The van der Waals surface area contributed by atoms with E-state index in [-0.39, 0.29) is 24.7 Å². The molecule has 0 amide bonds. The van der Waals surface area contributed by atoms with Gasteiger partial charge in [-0.3, -0.25) is 10.1 Å². The molecule has 0 aliphatic heterocycles. The van der Waals surface area contributed by atoms with Gasteiger partial charge in [-0.15, -0.1) is 0 Å². The Bertz CT molecular complexity index is 508. The lowest BCUT2D eigenvalue weighted by Crippen LogP contribution is -2.30. The second kappa shape index (κ2) is 5.94. The molecule has 0 aliphatic rings. The molecular formula is C9H15N3O5S. The van der Waals surface area contributed by atoms with Gasteiger partial charge < -0.3 is 9.73 Å². The molecule has 1 rings (SSSR count). The highest BCUT2D eigenvalue weighted by molar-refractivity contribution is 7.89. The molecule has 1 aromatic rings. The summed E-state index contributed by atoms with van der Waals surface area (Å²) in [6.07, 6.45) is 0. The minimum atomic E-state index is -3.23. The molecule has 0 bridgehead atoms. The van der Waals surface area contributed by atoms with E-state index < -0.39 is 14.9 Å². The molecular weight excluding hydrogens is 262 g/mol. The third-order valence-electron chi connectivity index (χ3n) is 2.22. The zero-order valence-electron chi connectivity index (χ0n) is 10.1. The number of nitrogens with zero attached hydrogens (tertiary/aromatic N) is 2. The monoisotopic (exact) mass is 277 g/mol. The normalized spacial score (nSPS) is 11.9. The molecule has 1 aromatic heterocycles. The van der Waals surface area contributed by atoms with Gasteiger partial charge in [-0.1, -0.05) is 0 Å². The zero-order valence-corrected chi connectivity index (χ0v) is 10.9. The Morgan fingerprint density at radius 3 is 2.61 bits per heavy atom. The molecule has 1 N–H and O–H groups in total. The topological polar surface area (TPSA) is 106 Å². The van der Waals surface area contributed by atoms with Crippen molar-refractivity contribution in [2.75, 3.05) is 26.4 Å². The van der Waals surface area contributed by atoms with E-state index in [4.69, 9.17) is 4.42 Å². The standard InChI is InChI=1S/C9H15N3O5S/c1-11(2)18(15,16)6-5-10-7-8-3-4-9(17-8)12(13)14/h3-4,10H,5-7H2,1-2H3. The third kappa shape index (κ3) is 4.09. The molecule has 0 atom stereocenters. The lowest BCUT2D eigenvalue weighted by atomic mass is 10.4. The van der Waals surface area contributed by atoms with Gasteiger partial charge in [0.2, 0.25) is 10.0 Å². The molecule has 0 aromatic carbocycles. The largest absolute Gasteiger partial charge is 0.433 e. The van der Waals surface area contributed by atoms with Crippen LogP contribution in [0, 0.1) is 10.1 Å². The van der Waals surface area contributed by atoms with Crippen molar-refractivity contribution in [3.05, 3.63) is 28.0 Å². The van der Waals surface area contributed by atoms with Crippen LogP contribution in [0.5, 0.6) is 0 Å². The molecule has 0 aliphatic carbocycles. The van der Waals surface area contributed by atoms with E-state index in [1.807, 2.05) is 0 Å². The highest BCUT2D eigenvalue weighted by Gasteiger charge is 2.14. The van der Waals surface area contributed by atoms with E-state index in [9.17, 15) is 18.5 Å².